The van der Waals surface area contributed by atoms with Crippen LogP contribution < -0.4 is 10.1 Å². The molecule has 6 heteroatoms. The van der Waals surface area contributed by atoms with Crippen LogP contribution in [0.3, 0.4) is 0 Å². The molecule has 1 aliphatic heterocycles. The molecule has 28 heavy (non-hydrogen) atoms. The van der Waals surface area contributed by atoms with Crippen LogP contribution in [0.2, 0.25) is 0 Å². The largest absolute Gasteiger partial charge is 0.497 e. The van der Waals surface area contributed by atoms with E-state index in [4.69, 9.17) is 4.74 Å². The maximum Gasteiger partial charge on any atom is 0.257 e. The Kier molecular flexibility index (Phi) is 4.77. The molecule has 0 aliphatic carbocycles. The summed E-state index contributed by atoms with van der Waals surface area (Å²) in [5.74, 6) is 1.18. The molecule has 1 aromatic heterocycles. The zero-order valence-electron chi connectivity index (χ0n) is 16.3. The van der Waals surface area contributed by atoms with Crippen molar-refractivity contribution < 1.29 is 9.53 Å². The fourth-order valence-corrected chi connectivity index (χ4v) is 3.61. The summed E-state index contributed by atoms with van der Waals surface area (Å²) in [4.78, 5) is 15.1. The molecular weight excluding hydrogens is 352 g/mol. The van der Waals surface area contributed by atoms with Crippen molar-refractivity contribution in [3.63, 3.8) is 0 Å². The molecule has 0 fully saturated rings. The molecule has 2 heterocycles. The number of carbonyl (C=O) groups excluding carboxylic acids is 1. The molecule has 0 saturated heterocycles. The van der Waals surface area contributed by atoms with Crippen LogP contribution in [0.25, 0.3) is 11.3 Å². The lowest BCUT2D eigenvalue weighted by Crippen LogP contribution is -2.44. The number of hydrogen-bond acceptors (Lipinski definition) is 4. The normalized spacial score (nSPS) is 16.1. The number of fused-ring (bicyclic) bond motifs is 1. The number of anilines is 1. The fourth-order valence-electron chi connectivity index (χ4n) is 3.61. The summed E-state index contributed by atoms with van der Waals surface area (Å²) in [6.07, 6.45) is 1.51. The van der Waals surface area contributed by atoms with Crippen LogP contribution in [0, 0.1) is 5.92 Å². The highest BCUT2D eigenvalue weighted by atomic mass is 16.5. The van der Waals surface area contributed by atoms with Gasteiger partial charge in [0, 0.05) is 23.4 Å². The predicted octanol–water partition coefficient (Wildman–Crippen LogP) is 4.31. The first kappa shape index (κ1) is 18.1. The lowest BCUT2D eigenvalue weighted by Gasteiger charge is -2.38. The van der Waals surface area contributed by atoms with Crippen LogP contribution in [0.4, 0.5) is 5.69 Å². The molecule has 0 radical (unpaired) electrons. The Morgan fingerprint density at radius 3 is 2.61 bits per heavy atom. The smallest absolute Gasteiger partial charge is 0.257 e. The lowest BCUT2D eigenvalue weighted by molar-refractivity contribution is 0.0658. The lowest BCUT2D eigenvalue weighted by atomic mass is 10.00. The van der Waals surface area contributed by atoms with E-state index in [0.717, 1.165) is 28.3 Å². The third-order valence-electron chi connectivity index (χ3n) is 4.93. The Bertz CT molecular complexity index is 978. The number of nitrogens with zero attached hydrogens (tertiary/aromatic N) is 2. The molecule has 1 aliphatic rings. The molecule has 3 aromatic rings. The SMILES string of the molecule is COc1ccc(-c2[nH]ncc2C2Nc3ccccc3C(=O)N2CC(C)C)cc1. The first-order chi connectivity index (χ1) is 13.6. The molecule has 1 amide bonds. The van der Waals surface area contributed by atoms with Gasteiger partial charge in [0.15, 0.2) is 0 Å². The van der Waals surface area contributed by atoms with Gasteiger partial charge in [-0.25, -0.2) is 0 Å². The highest BCUT2D eigenvalue weighted by molar-refractivity contribution is 6.01. The van der Waals surface area contributed by atoms with Gasteiger partial charge in [-0.3, -0.25) is 9.89 Å². The number of carbonyl (C=O) groups is 1. The van der Waals surface area contributed by atoms with Crippen molar-refractivity contribution in [1.82, 2.24) is 15.1 Å². The van der Waals surface area contributed by atoms with E-state index >= 15 is 0 Å². The van der Waals surface area contributed by atoms with Crippen molar-refractivity contribution in [1.29, 1.82) is 0 Å². The Hall–Kier alpha value is -3.28. The zero-order valence-corrected chi connectivity index (χ0v) is 16.3. The van der Waals surface area contributed by atoms with Gasteiger partial charge in [-0.15, -0.1) is 0 Å². The van der Waals surface area contributed by atoms with Crippen LogP contribution in [0.15, 0.2) is 54.7 Å². The minimum atomic E-state index is -0.291. The Labute approximate surface area is 164 Å². The van der Waals surface area contributed by atoms with E-state index in [1.54, 1.807) is 13.3 Å². The standard InChI is InChI=1S/C22H24N4O2/c1-14(2)13-26-21(24-19-7-5-4-6-17(19)22(26)27)18-12-23-25-20(18)15-8-10-16(28-3)11-9-15/h4-12,14,21,24H,13H2,1-3H3,(H,23,25). The molecule has 1 atom stereocenters. The van der Waals surface area contributed by atoms with Gasteiger partial charge in [0.1, 0.15) is 11.9 Å². The number of nitrogens with one attached hydrogen (secondary N) is 2. The van der Waals surface area contributed by atoms with E-state index in [1.807, 2.05) is 53.4 Å². The summed E-state index contributed by atoms with van der Waals surface area (Å²) in [5, 5.41) is 10.9. The summed E-state index contributed by atoms with van der Waals surface area (Å²) in [7, 11) is 1.65. The van der Waals surface area contributed by atoms with Gasteiger partial charge >= 0.3 is 0 Å². The Morgan fingerprint density at radius 2 is 1.89 bits per heavy atom. The Balaban J connectivity index is 1.76. The zero-order chi connectivity index (χ0) is 19.7. The summed E-state index contributed by atoms with van der Waals surface area (Å²) in [6.45, 7) is 4.88. The van der Waals surface area contributed by atoms with Gasteiger partial charge in [-0.05, 0) is 42.3 Å². The van der Waals surface area contributed by atoms with E-state index < -0.39 is 0 Å². The number of amides is 1. The fraction of sp³-hybridized carbons (Fsp3) is 0.273. The maximum atomic E-state index is 13.2. The van der Waals surface area contributed by atoms with E-state index in [0.29, 0.717) is 18.0 Å². The van der Waals surface area contributed by atoms with Crippen molar-refractivity contribution in [2.45, 2.75) is 20.0 Å². The van der Waals surface area contributed by atoms with Crippen LogP contribution in [0.5, 0.6) is 5.75 Å². The second-order valence-corrected chi connectivity index (χ2v) is 7.37. The quantitative estimate of drug-likeness (QED) is 0.696. The van der Waals surface area contributed by atoms with Gasteiger partial charge in [-0.2, -0.15) is 5.10 Å². The molecule has 2 aromatic carbocycles. The van der Waals surface area contributed by atoms with Crippen LogP contribution >= 0.6 is 0 Å². The number of aromatic nitrogens is 2. The molecule has 2 N–H and O–H groups in total. The maximum absolute atomic E-state index is 13.2. The summed E-state index contributed by atoms with van der Waals surface area (Å²) >= 11 is 0. The minimum Gasteiger partial charge on any atom is -0.497 e. The van der Waals surface area contributed by atoms with Crippen LogP contribution in [-0.4, -0.2) is 34.7 Å². The average molecular weight is 376 g/mol. The first-order valence-electron chi connectivity index (χ1n) is 9.42. The number of ether oxygens (including phenoxy) is 1. The van der Waals surface area contributed by atoms with Crippen molar-refractivity contribution in [2.75, 3.05) is 19.0 Å². The number of methoxy groups -OCH3 is 1. The van der Waals surface area contributed by atoms with Crippen LogP contribution in [-0.2, 0) is 0 Å². The van der Waals surface area contributed by atoms with Crippen LogP contribution in [0.1, 0.15) is 35.9 Å². The van der Waals surface area contributed by atoms with Crippen molar-refractivity contribution in [3.05, 3.63) is 65.9 Å². The first-order valence-corrected chi connectivity index (χ1v) is 9.42. The molecule has 0 saturated carbocycles. The molecule has 0 bridgehead atoms. The Morgan fingerprint density at radius 1 is 1.14 bits per heavy atom. The van der Waals surface area contributed by atoms with E-state index in [2.05, 4.69) is 29.4 Å². The highest BCUT2D eigenvalue weighted by Crippen LogP contribution is 2.37. The van der Waals surface area contributed by atoms with Crippen molar-refractivity contribution in [2.24, 2.45) is 5.92 Å². The number of H-pyrrole nitrogens is 1. The molecule has 0 spiro atoms. The van der Waals surface area contributed by atoms with Gasteiger partial charge in [-0.1, -0.05) is 26.0 Å². The molecule has 1 unspecified atom stereocenters. The average Bonchev–Trinajstić information content (AvgIpc) is 3.19. The topological polar surface area (TPSA) is 70.2 Å². The third-order valence-corrected chi connectivity index (χ3v) is 4.93. The van der Waals surface area contributed by atoms with E-state index in [1.165, 1.54) is 0 Å². The summed E-state index contributed by atoms with van der Waals surface area (Å²) in [5.41, 5.74) is 4.37. The van der Waals surface area contributed by atoms with E-state index in [-0.39, 0.29) is 12.1 Å². The van der Waals surface area contributed by atoms with Gasteiger partial charge in [0.25, 0.3) is 5.91 Å². The minimum absolute atomic E-state index is 0.0370. The molecule has 6 nitrogen and oxygen atoms in total. The van der Waals surface area contributed by atoms with Gasteiger partial charge < -0.3 is 15.0 Å². The van der Waals surface area contributed by atoms with Gasteiger partial charge in [0.2, 0.25) is 0 Å². The number of para-hydroxylation sites is 1. The number of rotatable bonds is 5. The van der Waals surface area contributed by atoms with Gasteiger partial charge in [0.05, 0.1) is 24.6 Å². The summed E-state index contributed by atoms with van der Waals surface area (Å²) in [6, 6.07) is 15.5. The number of benzene rings is 2. The molecule has 4 rings (SSSR count). The monoisotopic (exact) mass is 376 g/mol. The highest BCUT2D eigenvalue weighted by Gasteiger charge is 2.35. The number of aromatic amines is 1. The summed E-state index contributed by atoms with van der Waals surface area (Å²) < 4.78 is 5.26. The number of hydrogen-bond donors (Lipinski definition) is 2. The second kappa shape index (κ2) is 7.38. The van der Waals surface area contributed by atoms with Crippen molar-refractivity contribution in [3.8, 4) is 17.0 Å². The third kappa shape index (κ3) is 3.22. The van der Waals surface area contributed by atoms with E-state index in [9.17, 15) is 4.79 Å². The van der Waals surface area contributed by atoms with Crippen molar-refractivity contribution >= 4 is 11.6 Å². The molecular formula is C22H24N4O2. The second-order valence-electron chi connectivity index (χ2n) is 7.37. The molecule has 144 valence electrons. The predicted molar refractivity (Wildman–Crippen MR) is 109 cm³/mol.